The van der Waals surface area contributed by atoms with Gasteiger partial charge in [-0.2, -0.15) is 0 Å². The van der Waals surface area contributed by atoms with Gasteiger partial charge in [-0.3, -0.25) is 4.79 Å². The lowest BCUT2D eigenvalue weighted by Crippen LogP contribution is -2.34. The lowest BCUT2D eigenvalue weighted by Gasteiger charge is -2.32. The van der Waals surface area contributed by atoms with Crippen LogP contribution in [0.25, 0.3) is 0 Å². The zero-order valence-corrected chi connectivity index (χ0v) is 20.3. The largest absolute Gasteiger partial charge is 0.455 e. The monoisotopic (exact) mass is 444 g/mol. The van der Waals surface area contributed by atoms with Crippen LogP contribution in [0.5, 0.6) is 0 Å². The van der Waals surface area contributed by atoms with Gasteiger partial charge in [0, 0.05) is 31.4 Å². The summed E-state index contributed by atoms with van der Waals surface area (Å²) in [5, 5.41) is 3.64. The molecule has 0 bridgehead atoms. The molecule has 2 aromatic heterocycles. The fourth-order valence-electron chi connectivity index (χ4n) is 3.72. The number of aromatic nitrogens is 2. The van der Waals surface area contributed by atoms with Gasteiger partial charge in [-0.05, 0) is 36.8 Å². The Morgan fingerprint density at radius 3 is 2.61 bits per heavy atom. The molecule has 0 radical (unpaired) electrons. The standard InChI is InChI=1S/C24H36N4O2S/c1-16(2)14-25-23(29)21-12-11-19(30-21)15-31-24-26-20(17(3)4)13-22(27-24)28(5)18-9-7-6-8-10-18/h11-13,16-18H,6-10,14-15H2,1-5H3,(H,25,29). The van der Waals surface area contributed by atoms with Crippen molar-refractivity contribution in [3.8, 4) is 0 Å². The zero-order valence-electron chi connectivity index (χ0n) is 19.5. The lowest BCUT2D eigenvalue weighted by atomic mass is 9.94. The number of thioether (sulfide) groups is 1. The maximum Gasteiger partial charge on any atom is 0.287 e. The lowest BCUT2D eigenvalue weighted by molar-refractivity contribution is 0.0920. The molecule has 31 heavy (non-hydrogen) atoms. The van der Waals surface area contributed by atoms with Crippen LogP contribution in [0.3, 0.4) is 0 Å². The highest BCUT2D eigenvalue weighted by Crippen LogP contribution is 2.29. The van der Waals surface area contributed by atoms with Crippen molar-refractivity contribution in [1.29, 1.82) is 0 Å². The molecule has 1 fully saturated rings. The van der Waals surface area contributed by atoms with Crippen molar-refractivity contribution in [2.24, 2.45) is 5.92 Å². The van der Waals surface area contributed by atoms with E-state index in [-0.39, 0.29) is 5.91 Å². The van der Waals surface area contributed by atoms with Crippen LogP contribution in [-0.2, 0) is 5.75 Å². The summed E-state index contributed by atoms with van der Waals surface area (Å²) in [5.41, 5.74) is 1.06. The van der Waals surface area contributed by atoms with E-state index in [1.807, 2.05) is 6.07 Å². The molecule has 170 valence electrons. The van der Waals surface area contributed by atoms with E-state index in [1.54, 1.807) is 17.8 Å². The molecular formula is C24H36N4O2S. The van der Waals surface area contributed by atoms with Gasteiger partial charge in [0.1, 0.15) is 11.6 Å². The summed E-state index contributed by atoms with van der Waals surface area (Å²) in [4.78, 5) is 24.1. The molecule has 2 aromatic rings. The Morgan fingerprint density at radius 1 is 1.19 bits per heavy atom. The molecule has 3 rings (SSSR count). The van der Waals surface area contributed by atoms with E-state index < -0.39 is 0 Å². The molecule has 1 saturated carbocycles. The number of furan rings is 1. The van der Waals surface area contributed by atoms with Crippen molar-refractivity contribution in [3.05, 3.63) is 35.4 Å². The topological polar surface area (TPSA) is 71.3 Å². The summed E-state index contributed by atoms with van der Waals surface area (Å²) in [5.74, 6) is 3.26. The molecule has 7 heteroatoms. The van der Waals surface area contributed by atoms with Crippen molar-refractivity contribution in [3.63, 3.8) is 0 Å². The van der Waals surface area contributed by atoms with Crippen LogP contribution in [0.1, 0.15) is 87.7 Å². The van der Waals surface area contributed by atoms with E-state index in [4.69, 9.17) is 14.4 Å². The molecule has 0 aromatic carbocycles. The summed E-state index contributed by atoms with van der Waals surface area (Å²) < 4.78 is 5.75. The van der Waals surface area contributed by atoms with Crippen LogP contribution in [0.4, 0.5) is 5.82 Å². The van der Waals surface area contributed by atoms with E-state index in [9.17, 15) is 4.79 Å². The molecule has 0 atom stereocenters. The number of amides is 1. The Kier molecular flexibility index (Phi) is 8.41. The molecule has 1 aliphatic carbocycles. The fraction of sp³-hybridized carbons (Fsp3) is 0.625. The molecule has 0 unspecified atom stereocenters. The van der Waals surface area contributed by atoms with Crippen LogP contribution in [-0.4, -0.2) is 35.5 Å². The number of nitrogens with one attached hydrogen (secondary N) is 1. The van der Waals surface area contributed by atoms with Gasteiger partial charge in [0.2, 0.25) is 0 Å². The highest BCUT2D eigenvalue weighted by Gasteiger charge is 2.21. The van der Waals surface area contributed by atoms with E-state index in [2.05, 4.69) is 51.0 Å². The Labute approximate surface area is 190 Å². The Hall–Kier alpha value is -2.02. The average molecular weight is 445 g/mol. The first-order valence-corrected chi connectivity index (χ1v) is 12.4. The molecule has 0 spiro atoms. The first-order valence-electron chi connectivity index (χ1n) is 11.4. The van der Waals surface area contributed by atoms with Crippen molar-refractivity contribution in [2.45, 2.75) is 82.7 Å². The maximum absolute atomic E-state index is 12.2. The third-order valence-corrected chi connectivity index (χ3v) is 6.56. The third-order valence-electron chi connectivity index (χ3n) is 5.69. The Bertz CT molecular complexity index is 859. The number of hydrogen-bond donors (Lipinski definition) is 1. The molecule has 1 N–H and O–H groups in total. The van der Waals surface area contributed by atoms with Crippen molar-refractivity contribution in [1.82, 2.24) is 15.3 Å². The van der Waals surface area contributed by atoms with Crippen molar-refractivity contribution < 1.29 is 9.21 Å². The van der Waals surface area contributed by atoms with Gasteiger partial charge in [-0.25, -0.2) is 9.97 Å². The summed E-state index contributed by atoms with van der Waals surface area (Å²) in [7, 11) is 2.16. The first-order chi connectivity index (χ1) is 14.8. The number of carbonyl (C=O) groups is 1. The van der Waals surface area contributed by atoms with Gasteiger partial charge in [-0.1, -0.05) is 58.7 Å². The zero-order chi connectivity index (χ0) is 22.4. The van der Waals surface area contributed by atoms with Crippen LogP contribution < -0.4 is 10.2 Å². The van der Waals surface area contributed by atoms with E-state index >= 15 is 0 Å². The SMILES string of the molecule is CC(C)CNC(=O)c1ccc(CSc2nc(C(C)C)cc(N(C)C3CCCCC3)n2)o1. The average Bonchev–Trinajstić information content (AvgIpc) is 3.25. The molecular weight excluding hydrogens is 408 g/mol. The highest BCUT2D eigenvalue weighted by atomic mass is 32.2. The fourth-order valence-corrected chi connectivity index (χ4v) is 4.48. The van der Waals surface area contributed by atoms with Crippen LogP contribution in [0.15, 0.2) is 27.8 Å². The van der Waals surface area contributed by atoms with E-state index in [0.29, 0.717) is 35.9 Å². The predicted molar refractivity (Wildman–Crippen MR) is 127 cm³/mol. The maximum atomic E-state index is 12.2. The van der Waals surface area contributed by atoms with Gasteiger partial charge in [0.05, 0.1) is 5.75 Å². The van der Waals surface area contributed by atoms with Crippen molar-refractivity contribution in [2.75, 3.05) is 18.5 Å². The Morgan fingerprint density at radius 2 is 1.94 bits per heavy atom. The van der Waals surface area contributed by atoms with Gasteiger partial charge in [0.25, 0.3) is 5.91 Å². The summed E-state index contributed by atoms with van der Waals surface area (Å²) in [6.07, 6.45) is 6.39. The molecule has 0 aliphatic heterocycles. The number of rotatable bonds is 9. The number of hydrogen-bond acceptors (Lipinski definition) is 6. The minimum absolute atomic E-state index is 0.167. The second kappa shape index (κ2) is 11.0. The quantitative estimate of drug-likeness (QED) is 0.399. The minimum atomic E-state index is -0.167. The molecule has 1 amide bonds. The molecule has 6 nitrogen and oxygen atoms in total. The van der Waals surface area contributed by atoms with E-state index in [0.717, 1.165) is 22.4 Å². The first kappa shape index (κ1) is 23.6. The number of carbonyl (C=O) groups excluding carboxylic acids is 1. The van der Waals surface area contributed by atoms with Gasteiger partial charge >= 0.3 is 0 Å². The second-order valence-corrected chi connectivity index (χ2v) is 10.1. The predicted octanol–water partition coefficient (Wildman–Crippen LogP) is 5.64. The van der Waals surface area contributed by atoms with Crippen LogP contribution in [0.2, 0.25) is 0 Å². The Balaban J connectivity index is 1.68. The molecule has 0 saturated heterocycles. The number of nitrogens with zero attached hydrogens (tertiary/aromatic N) is 3. The van der Waals surface area contributed by atoms with Crippen LogP contribution >= 0.6 is 11.8 Å². The van der Waals surface area contributed by atoms with Gasteiger partial charge in [0.15, 0.2) is 10.9 Å². The highest BCUT2D eigenvalue weighted by molar-refractivity contribution is 7.98. The van der Waals surface area contributed by atoms with Crippen LogP contribution in [0, 0.1) is 5.92 Å². The van der Waals surface area contributed by atoms with Gasteiger partial charge in [-0.15, -0.1) is 0 Å². The molecule has 2 heterocycles. The number of anilines is 1. The van der Waals surface area contributed by atoms with Crippen molar-refractivity contribution >= 4 is 23.5 Å². The second-order valence-electron chi connectivity index (χ2n) is 9.15. The summed E-state index contributed by atoms with van der Waals surface area (Å²) in [6, 6.07) is 6.28. The van der Waals surface area contributed by atoms with E-state index in [1.165, 1.54) is 32.1 Å². The summed E-state index contributed by atoms with van der Waals surface area (Å²) >= 11 is 1.55. The van der Waals surface area contributed by atoms with Gasteiger partial charge < -0.3 is 14.6 Å². The molecule has 1 aliphatic rings. The third kappa shape index (κ3) is 6.73. The smallest absolute Gasteiger partial charge is 0.287 e. The minimum Gasteiger partial charge on any atom is -0.455 e. The normalized spacial score (nSPS) is 14.9. The summed E-state index contributed by atoms with van der Waals surface area (Å²) in [6.45, 7) is 9.09.